The molecule has 1 fully saturated rings. The normalized spacial score (nSPS) is 22.6. The van der Waals surface area contributed by atoms with Crippen molar-refractivity contribution in [2.24, 2.45) is 10.9 Å². The van der Waals surface area contributed by atoms with Crippen LogP contribution in [0.5, 0.6) is 0 Å². The van der Waals surface area contributed by atoms with Gasteiger partial charge in [0.25, 0.3) is 0 Å². The van der Waals surface area contributed by atoms with Gasteiger partial charge in [0.2, 0.25) is 10.0 Å². The Balaban J connectivity index is 2.78. The maximum atomic E-state index is 12.2. The average molecular weight is 327 g/mol. The first-order chi connectivity index (χ1) is 9.22. The van der Waals surface area contributed by atoms with E-state index in [-0.39, 0.29) is 30.2 Å². The third-order valence-corrected chi connectivity index (χ3v) is 6.97. The molecule has 0 aliphatic carbocycles. The van der Waals surface area contributed by atoms with Crippen LogP contribution in [0.1, 0.15) is 32.6 Å². The lowest BCUT2D eigenvalue weighted by Gasteiger charge is -2.25. The first kappa shape index (κ1) is 17.2. The van der Waals surface area contributed by atoms with Gasteiger partial charge in [-0.05, 0) is 19.3 Å². The number of oxime groups is 1. The largest absolute Gasteiger partial charge is 0.409 e. The second-order valence-corrected chi connectivity index (χ2v) is 9.18. The number of nitrogens with two attached hydrogens (primary N) is 1. The Morgan fingerprint density at radius 2 is 2.00 bits per heavy atom. The molecule has 0 aromatic heterocycles. The van der Waals surface area contributed by atoms with Crippen molar-refractivity contribution in [2.45, 2.75) is 43.9 Å². The van der Waals surface area contributed by atoms with Crippen molar-refractivity contribution in [2.75, 3.05) is 11.5 Å². The lowest BCUT2D eigenvalue weighted by molar-refractivity contribution is 0.315. The quantitative estimate of drug-likeness (QED) is 0.257. The van der Waals surface area contributed by atoms with Crippen LogP contribution in [0.2, 0.25) is 0 Å². The Hall–Kier alpha value is -0.870. The maximum absolute atomic E-state index is 12.2. The molecular formula is C10H21N3O5S2. The molecule has 0 aromatic rings. The van der Waals surface area contributed by atoms with Crippen molar-refractivity contribution >= 4 is 25.7 Å². The van der Waals surface area contributed by atoms with Crippen LogP contribution in [-0.4, -0.2) is 50.7 Å². The van der Waals surface area contributed by atoms with E-state index in [1.165, 1.54) is 0 Å². The number of nitrogens with one attached hydrogen (secondary N) is 1. The third kappa shape index (κ3) is 4.60. The van der Waals surface area contributed by atoms with E-state index in [0.29, 0.717) is 12.8 Å². The monoisotopic (exact) mass is 327 g/mol. The van der Waals surface area contributed by atoms with E-state index < -0.39 is 31.2 Å². The first-order valence-electron chi connectivity index (χ1n) is 6.41. The minimum absolute atomic E-state index is 0.0761. The van der Waals surface area contributed by atoms with Crippen molar-refractivity contribution in [1.29, 1.82) is 0 Å². The predicted molar refractivity (Wildman–Crippen MR) is 75.8 cm³/mol. The molecule has 0 bridgehead atoms. The number of hydrogen-bond donors (Lipinski definition) is 3. The van der Waals surface area contributed by atoms with Gasteiger partial charge in [-0.15, -0.1) is 0 Å². The summed E-state index contributed by atoms with van der Waals surface area (Å²) in [6.07, 6.45) is 1.21. The van der Waals surface area contributed by atoms with E-state index in [4.69, 9.17) is 10.9 Å². The molecule has 4 N–H and O–H groups in total. The molecule has 1 unspecified atom stereocenters. The fraction of sp³-hybridized carbons (Fsp3) is 0.900. The van der Waals surface area contributed by atoms with Crippen molar-refractivity contribution < 1.29 is 22.0 Å². The Kier molecular flexibility index (Phi) is 5.78. The predicted octanol–water partition coefficient (Wildman–Crippen LogP) is -0.602. The molecular weight excluding hydrogens is 306 g/mol. The highest BCUT2D eigenvalue weighted by atomic mass is 32.2. The van der Waals surface area contributed by atoms with Gasteiger partial charge in [-0.25, -0.2) is 21.6 Å². The number of sulfone groups is 1. The molecule has 0 aromatic carbocycles. The van der Waals surface area contributed by atoms with Crippen molar-refractivity contribution in [3.63, 3.8) is 0 Å². The second-order valence-electron chi connectivity index (χ2n) is 4.88. The molecule has 1 aliphatic rings. The van der Waals surface area contributed by atoms with E-state index in [9.17, 15) is 16.8 Å². The van der Waals surface area contributed by atoms with Crippen LogP contribution < -0.4 is 10.5 Å². The summed E-state index contributed by atoms with van der Waals surface area (Å²) in [5.41, 5.74) is 5.46. The Labute approximate surface area is 119 Å². The summed E-state index contributed by atoms with van der Waals surface area (Å²) >= 11 is 0. The topological polar surface area (TPSA) is 139 Å². The van der Waals surface area contributed by atoms with Crippen LogP contribution in [0.4, 0.5) is 0 Å². The zero-order valence-electron chi connectivity index (χ0n) is 11.3. The van der Waals surface area contributed by atoms with Crippen LogP contribution in [0.15, 0.2) is 5.16 Å². The summed E-state index contributed by atoms with van der Waals surface area (Å²) in [4.78, 5) is 0. The van der Waals surface area contributed by atoms with Crippen LogP contribution >= 0.6 is 0 Å². The molecule has 118 valence electrons. The second kappa shape index (κ2) is 6.72. The average Bonchev–Trinajstić information content (AvgIpc) is 2.36. The molecule has 10 heteroatoms. The van der Waals surface area contributed by atoms with Crippen LogP contribution in [0, 0.1) is 0 Å². The van der Waals surface area contributed by atoms with E-state index in [0.717, 1.165) is 0 Å². The molecule has 0 amide bonds. The molecule has 1 heterocycles. The smallest absolute Gasteiger partial charge is 0.215 e. The van der Waals surface area contributed by atoms with Crippen molar-refractivity contribution in [3.8, 4) is 0 Å². The SMILES string of the molecule is CCCC(NS(=O)(=O)C1CCS(=O)(=O)CC1)C(N)=NO. The fourth-order valence-electron chi connectivity index (χ4n) is 2.10. The van der Waals surface area contributed by atoms with E-state index in [1.54, 1.807) is 0 Å². The summed E-state index contributed by atoms with van der Waals surface area (Å²) in [7, 11) is -6.81. The van der Waals surface area contributed by atoms with Gasteiger partial charge in [-0.1, -0.05) is 18.5 Å². The summed E-state index contributed by atoms with van der Waals surface area (Å²) in [6, 6.07) is -0.770. The highest BCUT2D eigenvalue weighted by molar-refractivity contribution is 7.92. The lowest BCUT2D eigenvalue weighted by atomic mass is 10.2. The number of amidine groups is 1. The van der Waals surface area contributed by atoms with Gasteiger partial charge in [0, 0.05) is 0 Å². The fourth-order valence-corrected chi connectivity index (χ4v) is 5.57. The summed E-state index contributed by atoms with van der Waals surface area (Å²) in [5, 5.41) is 10.7. The molecule has 1 saturated heterocycles. The maximum Gasteiger partial charge on any atom is 0.215 e. The minimum Gasteiger partial charge on any atom is -0.409 e. The van der Waals surface area contributed by atoms with E-state index in [2.05, 4.69) is 9.88 Å². The van der Waals surface area contributed by atoms with Crippen molar-refractivity contribution in [1.82, 2.24) is 4.72 Å². The molecule has 1 aliphatic heterocycles. The van der Waals surface area contributed by atoms with Gasteiger partial charge in [0.15, 0.2) is 5.84 Å². The van der Waals surface area contributed by atoms with Gasteiger partial charge in [-0.2, -0.15) is 0 Å². The lowest BCUT2D eigenvalue weighted by Crippen LogP contribution is -2.49. The van der Waals surface area contributed by atoms with Crippen molar-refractivity contribution in [3.05, 3.63) is 0 Å². The molecule has 0 saturated carbocycles. The van der Waals surface area contributed by atoms with E-state index >= 15 is 0 Å². The van der Waals surface area contributed by atoms with Crippen LogP contribution in [0.25, 0.3) is 0 Å². The van der Waals surface area contributed by atoms with Crippen LogP contribution in [-0.2, 0) is 19.9 Å². The number of rotatable bonds is 6. The molecule has 1 atom stereocenters. The van der Waals surface area contributed by atoms with Gasteiger partial charge < -0.3 is 10.9 Å². The Morgan fingerprint density at radius 1 is 1.45 bits per heavy atom. The molecule has 8 nitrogen and oxygen atoms in total. The van der Waals surface area contributed by atoms with Gasteiger partial charge in [0.05, 0.1) is 22.8 Å². The van der Waals surface area contributed by atoms with Crippen LogP contribution in [0.3, 0.4) is 0 Å². The third-order valence-electron chi connectivity index (χ3n) is 3.30. The number of nitrogens with zero attached hydrogens (tertiary/aromatic N) is 1. The highest BCUT2D eigenvalue weighted by Crippen LogP contribution is 2.19. The first-order valence-corrected chi connectivity index (χ1v) is 9.77. The summed E-state index contributed by atoms with van der Waals surface area (Å²) < 4.78 is 49.4. The van der Waals surface area contributed by atoms with Gasteiger partial charge in [-0.3, -0.25) is 0 Å². The standard InChI is InChI=1S/C10H21N3O5S2/c1-2-3-9(10(11)12-14)13-20(17,18)8-4-6-19(15,16)7-5-8/h8-9,13-14H,2-7H2,1H3,(H2,11,12). The zero-order valence-corrected chi connectivity index (χ0v) is 13.0. The molecule has 0 radical (unpaired) electrons. The summed E-state index contributed by atoms with van der Waals surface area (Å²) in [5.74, 6) is -0.444. The van der Waals surface area contributed by atoms with E-state index in [1.807, 2.05) is 6.92 Å². The number of hydrogen-bond acceptors (Lipinski definition) is 6. The molecule has 1 rings (SSSR count). The van der Waals surface area contributed by atoms with Gasteiger partial charge >= 0.3 is 0 Å². The Bertz CT molecular complexity index is 541. The number of sulfonamides is 1. The van der Waals surface area contributed by atoms with Gasteiger partial charge in [0.1, 0.15) is 9.84 Å². The molecule has 20 heavy (non-hydrogen) atoms. The zero-order chi connectivity index (χ0) is 15.4. The molecule has 0 spiro atoms. The summed E-state index contributed by atoms with van der Waals surface area (Å²) in [6.45, 7) is 1.85. The Morgan fingerprint density at radius 3 is 2.45 bits per heavy atom. The highest BCUT2D eigenvalue weighted by Gasteiger charge is 2.34. The minimum atomic E-state index is -3.70.